The molecular weight excluding hydrogens is 359 g/mol. The van der Waals surface area contributed by atoms with E-state index in [1.807, 2.05) is 11.8 Å². The Hall–Kier alpha value is -1.86. The summed E-state index contributed by atoms with van der Waals surface area (Å²) in [5.74, 6) is -0.516. The van der Waals surface area contributed by atoms with E-state index in [1.54, 1.807) is 43.1 Å². The fourth-order valence-corrected chi connectivity index (χ4v) is 3.28. The van der Waals surface area contributed by atoms with Crippen LogP contribution in [0.4, 0.5) is 9.18 Å². The smallest absolute Gasteiger partial charge is 0.319 e. The van der Waals surface area contributed by atoms with Crippen molar-refractivity contribution in [1.29, 1.82) is 0 Å². The number of benzene rings is 1. The third-order valence-electron chi connectivity index (χ3n) is 4.71. The Labute approximate surface area is 159 Å². The van der Waals surface area contributed by atoms with Crippen molar-refractivity contribution in [3.8, 4) is 0 Å². The zero-order valence-corrected chi connectivity index (χ0v) is 16.5. The molecule has 0 spiro atoms. The van der Waals surface area contributed by atoms with Crippen LogP contribution in [0, 0.1) is 5.82 Å². The predicted octanol–water partition coefficient (Wildman–Crippen LogP) is 2.13. The van der Waals surface area contributed by atoms with Crippen molar-refractivity contribution in [2.75, 3.05) is 47.3 Å². The lowest BCUT2D eigenvalue weighted by Crippen LogP contribution is -2.56. The number of hydrogen-bond acceptors (Lipinski definition) is 3. The van der Waals surface area contributed by atoms with E-state index < -0.39 is 5.82 Å². The van der Waals surface area contributed by atoms with Gasteiger partial charge in [0.1, 0.15) is 5.82 Å². The largest absolute Gasteiger partial charge is 0.340 e. The average molecular weight is 385 g/mol. The molecular formula is C18H26ClFN4O2. The van der Waals surface area contributed by atoms with Gasteiger partial charge in [-0.25, -0.2) is 9.18 Å². The maximum Gasteiger partial charge on any atom is 0.319 e. The number of halogens is 2. The summed E-state index contributed by atoms with van der Waals surface area (Å²) in [6.45, 7) is 4.37. The summed E-state index contributed by atoms with van der Waals surface area (Å²) in [7, 11) is 5.10. The minimum absolute atomic E-state index is 0.0186. The summed E-state index contributed by atoms with van der Waals surface area (Å²) < 4.78 is 13.9. The van der Waals surface area contributed by atoms with Crippen molar-refractivity contribution < 1.29 is 14.0 Å². The lowest BCUT2D eigenvalue weighted by Gasteiger charge is -2.39. The van der Waals surface area contributed by atoms with Crippen LogP contribution in [0.5, 0.6) is 0 Å². The molecule has 1 heterocycles. The Kier molecular flexibility index (Phi) is 6.83. The van der Waals surface area contributed by atoms with E-state index in [9.17, 15) is 14.0 Å². The molecule has 1 fully saturated rings. The highest BCUT2D eigenvalue weighted by molar-refractivity contribution is 6.31. The van der Waals surface area contributed by atoms with Gasteiger partial charge in [-0.2, -0.15) is 0 Å². The van der Waals surface area contributed by atoms with Gasteiger partial charge >= 0.3 is 6.03 Å². The van der Waals surface area contributed by atoms with Gasteiger partial charge in [0.15, 0.2) is 0 Å². The maximum atomic E-state index is 13.9. The third-order valence-corrected chi connectivity index (χ3v) is 5.06. The van der Waals surface area contributed by atoms with Crippen molar-refractivity contribution in [2.24, 2.45) is 0 Å². The summed E-state index contributed by atoms with van der Waals surface area (Å²) in [5.41, 5.74) is 0.318. The number of piperazine rings is 1. The Morgan fingerprint density at radius 2 is 1.81 bits per heavy atom. The minimum atomic E-state index is -0.416. The number of carbonyl (C=O) groups excluding carboxylic acids is 2. The molecule has 1 atom stereocenters. The first-order chi connectivity index (χ1) is 12.2. The second kappa shape index (κ2) is 8.68. The van der Waals surface area contributed by atoms with Crippen LogP contribution in [0.3, 0.4) is 0 Å². The second-order valence-corrected chi connectivity index (χ2v) is 7.18. The van der Waals surface area contributed by atoms with Gasteiger partial charge in [-0.05, 0) is 19.1 Å². The van der Waals surface area contributed by atoms with E-state index in [1.165, 1.54) is 11.0 Å². The normalized spacial score (nSPS) is 16.3. The van der Waals surface area contributed by atoms with Gasteiger partial charge in [-0.1, -0.05) is 17.7 Å². The standard InChI is InChI=1S/C18H26ClFN4O2/c1-13(23-8-10-24(11-9-23)18(26)21(2)3)17(25)22(4)12-14-15(19)6-5-7-16(14)20/h5-7,13H,8-12H2,1-4H3. The van der Waals surface area contributed by atoms with Crippen LogP contribution in [0.1, 0.15) is 12.5 Å². The van der Waals surface area contributed by atoms with Gasteiger partial charge in [0.25, 0.3) is 0 Å². The molecule has 6 nitrogen and oxygen atoms in total. The van der Waals surface area contributed by atoms with E-state index in [-0.39, 0.29) is 24.5 Å². The Balaban J connectivity index is 1.94. The third kappa shape index (κ3) is 4.65. The van der Waals surface area contributed by atoms with Crippen molar-refractivity contribution >= 4 is 23.5 Å². The molecule has 0 N–H and O–H groups in total. The van der Waals surface area contributed by atoms with Gasteiger partial charge in [0.05, 0.1) is 6.04 Å². The van der Waals surface area contributed by atoms with Crippen LogP contribution in [0.15, 0.2) is 18.2 Å². The first kappa shape index (κ1) is 20.5. The highest BCUT2D eigenvalue weighted by atomic mass is 35.5. The molecule has 26 heavy (non-hydrogen) atoms. The van der Waals surface area contributed by atoms with Gasteiger partial charge in [0, 0.05) is 64.5 Å². The fraction of sp³-hybridized carbons (Fsp3) is 0.556. The SMILES string of the molecule is CC(C(=O)N(C)Cc1c(F)cccc1Cl)N1CCN(C(=O)N(C)C)CC1. The number of rotatable bonds is 4. The Bertz CT molecular complexity index is 642. The molecule has 1 unspecified atom stereocenters. The van der Waals surface area contributed by atoms with Gasteiger partial charge in [0.2, 0.25) is 5.91 Å². The van der Waals surface area contributed by atoms with E-state index in [0.29, 0.717) is 36.8 Å². The lowest BCUT2D eigenvalue weighted by molar-refractivity contribution is -0.136. The summed E-state index contributed by atoms with van der Waals surface area (Å²) in [6.07, 6.45) is 0. The fourth-order valence-electron chi connectivity index (χ4n) is 3.06. The zero-order chi connectivity index (χ0) is 19.4. The predicted molar refractivity (Wildman–Crippen MR) is 99.6 cm³/mol. The van der Waals surface area contributed by atoms with Gasteiger partial charge < -0.3 is 14.7 Å². The van der Waals surface area contributed by atoms with E-state index >= 15 is 0 Å². The molecule has 1 aromatic carbocycles. The van der Waals surface area contributed by atoms with Crippen LogP contribution in [-0.2, 0) is 11.3 Å². The molecule has 0 radical (unpaired) electrons. The second-order valence-electron chi connectivity index (χ2n) is 6.77. The van der Waals surface area contributed by atoms with E-state index in [0.717, 1.165) is 0 Å². The number of carbonyl (C=O) groups is 2. The Morgan fingerprint density at radius 3 is 2.35 bits per heavy atom. The monoisotopic (exact) mass is 384 g/mol. The first-order valence-electron chi connectivity index (χ1n) is 8.60. The number of hydrogen-bond donors (Lipinski definition) is 0. The highest BCUT2D eigenvalue weighted by Gasteiger charge is 2.29. The van der Waals surface area contributed by atoms with Crippen LogP contribution in [0.25, 0.3) is 0 Å². The highest BCUT2D eigenvalue weighted by Crippen LogP contribution is 2.21. The molecule has 1 aromatic rings. The lowest BCUT2D eigenvalue weighted by atomic mass is 10.1. The van der Waals surface area contributed by atoms with Crippen molar-refractivity contribution in [2.45, 2.75) is 19.5 Å². The van der Waals surface area contributed by atoms with E-state index in [4.69, 9.17) is 11.6 Å². The molecule has 144 valence electrons. The number of nitrogens with zero attached hydrogens (tertiary/aromatic N) is 4. The molecule has 2 rings (SSSR count). The molecule has 0 saturated carbocycles. The minimum Gasteiger partial charge on any atom is -0.340 e. The first-order valence-corrected chi connectivity index (χ1v) is 8.98. The molecule has 1 aliphatic rings. The molecule has 1 saturated heterocycles. The zero-order valence-electron chi connectivity index (χ0n) is 15.7. The molecule has 3 amide bonds. The van der Waals surface area contributed by atoms with Crippen LogP contribution < -0.4 is 0 Å². The molecule has 0 bridgehead atoms. The number of amides is 3. The van der Waals surface area contributed by atoms with Crippen molar-refractivity contribution in [3.05, 3.63) is 34.6 Å². The Morgan fingerprint density at radius 1 is 1.19 bits per heavy atom. The summed E-state index contributed by atoms with van der Waals surface area (Å²) in [6, 6.07) is 4.13. The topological polar surface area (TPSA) is 47.1 Å². The van der Waals surface area contributed by atoms with Crippen LogP contribution in [-0.4, -0.2) is 84.9 Å². The summed E-state index contributed by atoms with van der Waals surface area (Å²) in [5, 5.41) is 0.313. The van der Waals surface area contributed by atoms with Gasteiger partial charge in [-0.15, -0.1) is 0 Å². The maximum absolute atomic E-state index is 13.9. The summed E-state index contributed by atoms with van der Waals surface area (Å²) >= 11 is 6.05. The number of urea groups is 1. The molecule has 8 heteroatoms. The van der Waals surface area contributed by atoms with Crippen LogP contribution >= 0.6 is 11.6 Å². The van der Waals surface area contributed by atoms with E-state index in [2.05, 4.69) is 0 Å². The van der Waals surface area contributed by atoms with Crippen LogP contribution in [0.2, 0.25) is 5.02 Å². The summed E-state index contributed by atoms with van der Waals surface area (Å²) in [4.78, 5) is 31.6. The average Bonchev–Trinajstić information content (AvgIpc) is 2.62. The molecule has 1 aliphatic heterocycles. The van der Waals surface area contributed by atoms with Gasteiger partial charge in [-0.3, -0.25) is 9.69 Å². The van der Waals surface area contributed by atoms with Crippen molar-refractivity contribution in [3.63, 3.8) is 0 Å². The molecule has 0 aromatic heterocycles. The quantitative estimate of drug-likeness (QED) is 0.799. The molecule has 0 aliphatic carbocycles. The van der Waals surface area contributed by atoms with Crippen molar-refractivity contribution in [1.82, 2.24) is 19.6 Å². The number of likely N-dealkylation sites (N-methyl/N-ethyl adjacent to an activating group) is 1.